The highest BCUT2D eigenvalue weighted by molar-refractivity contribution is 4.41. The smallest absolute Gasteiger partial charge is 0.275 e. The van der Waals surface area contributed by atoms with Crippen LogP contribution in [0.1, 0.15) is 19.8 Å². The molecule has 0 aliphatic rings. The molecule has 0 radical (unpaired) electrons. The van der Waals surface area contributed by atoms with E-state index in [0.29, 0.717) is 6.42 Å². The molecule has 5 N–H and O–H groups in total. The maximum Gasteiger partial charge on any atom is 0.275 e. The van der Waals surface area contributed by atoms with Crippen LogP contribution in [-0.2, 0) is 0 Å². The summed E-state index contributed by atoms with van der Waals surface area (Å²) in [7, 11) is 0. The molecule has 4 heteroatoms. The standard InChI is InChI=1S/C4H10O3.H2O/c1-2-3-4(5,6)7;/h5-7H,2-3H2,1H3;1H2. The van der Waals surface area contributed by atoms with E-state index in [1.807, 2.05) is 0 Å². The fourth-order valence-electron chi connectivity index (χ4n) is 0.335. The Labute approximate surface area is 47.7 Å². The van der Waals surface area contributed by atoms with Gasteiger partial charge in [0.25, 0.3) is 5.97 Å². The van der Waals surface area contributed by atoms with Crippen LogP contribution in [0, 0.1) is 0 Å². The van der Waals surface area contributed by atoms with E-state index in [-0.39, 0.29) is 11.9 Å². The summed E-state index contributed by atoms with van der Waals surface area (Å²) >= 11 is 0. The van der Waals surface area contributed by atoms with Crippen molar-refractivity contribution in [3.05, 3.63) is 0 Å². The van der Waals surface area contributed by atoms with Gasteiger partial charge < -0.3 is 20.8 Å². The quantitative estimate of drug-likeness (QED) is 0.395. The van der Waals surface area contributed by atoms with E-state index in [1.165, 1.54) is 0 Å². The van der Waals surface area contributed by atoms with Crippen molar-refractivity contribution in [2.75, 3.05) is 0 Å². The molecule has 0 aromatic heterocycles. The SMILES string of the molecule is CCCC(O)(O)O.O. The first-order valence-electron chi connectivity index (χ1n) is 2.23. The van der Waals surface area contributed by atoms with Gasteiger partial charge in [0, 0.05) is 6.42 Å². The van der Waals surface area contributed by atoms with Gasteiger partial charge in [0.05, 0.1) is 0 Å². The molecule has 0 rings (SSSR count). The molecule has 0 saturated carbocycles. The van der Waals surface area contributed by atoms with E-state index in [4.69, 9.17) is 15.3 Å². The van der Waals surface area contributed by atoms with E-state index in [2.05, 4.69) is 0 Å². The number of aliphatic hydroxyl groups is 3. The zero-order valence-corrected chi connectivity index (χ0v) is 4.76. The lowest BCUT2D eigenvalue weighted by molar-refractivity contribution is -0.314. The van der Waals surface area contributed by atoms with Gasteiger partial charge >= 0.3 is 0 Å². The lowest BCUT2D eigenvalue weighted by Gasteiger charge is -2.10. The third-order valence-electron chi connectivity index (χ3n) is 0.585. The molecule has 0 saturated heterocycles. The average molecular weight is 124 g/mol. The minimum atomic E-state index is -2.45. The molecule has 0 aromatic carbocycles. The predicted molar refractivity (Wildman–Crippen MR) is 27.9 cm³/mol. The molecule has 4 nitrogen and oxygen atoms in total. The van der Waals surface area contributed by atoms with Gasteiger partial charge in [-0.3, -0.25) is 0 Å². The van der Waals surface area contributed by atoms with Gasteiger partial charge in [0.1, 0.15) is 0 Å². The van der Waals surface area contributed by atoms with Crippen molar-refractivity contribution < 1.29 is 20.8 Å². The van der Waals surface area contributed by atoms with Crippen molar-refractivity contribution in [2.24, 2.45) is 0 Å². The summed E-state index contributed by atoms with van der Waals surface area (Å²) in [6.45, 7) is 1.75. The summed E-state index contributed by atoms with van der Waals surface area (Å²) in [4.78, 5) is 0. The third kappa shape index (κ3) is 9.28. The zero-order valence-electron chi connectivity index (χ0n) is 4.76. The predicted octanol–water partition coefficient (Wildman–Crippen LogP) is -1.41. The van der Waals surface area contributed by atoms with Crippen molar-refractivity contribution in [3.63, 3.8) is 0 Å². The highest BCUT2D eigenvalue weighted by Gasteiger charge is 2.14. The van der Waals surface area contributed by atoms with Crippen LogP contribution in [0.4, 0.5) is 0 Å². The van der Waals surface area contributed by atoms with Gasteiger partial charge in [-0.05, 0) is 6.42 Å². The van der Waals surface area contributed by atoms with E-state index in [1.54, 1.807) is 6.92 Å². The van der Waals surface area contributed by atoms with E-state index in [9.17, 15) is 0 Å². The first-order chi connectivity index (χ1) is 3.06. The molecule has 0 bridgehead atoms. The third-order valence-corrected chi connectivity index (χ3v) is 0.585. The van der Waals surface area contributed by atoms with E-state index < -0.39 is 5.97 Å². The number of rotatable bonds is 2. The van der Waals surface area contributed by atoms with Crippen LogP contribution >= 0.6 is 0 Å². The van der Waals surface area contributed by atoms with Gasteiger partial charge in [0.15, 0.2) is 0 Å². The van der Waals surface area contributed by atoms with E-state index in [0.717, 1.165) is 0 Å². The lowest BCUT2D eigenvalue weighted by Crippen LogP contribution is -2.26. The van der Waals surface area contributed by atoms with Crippen LogP contribution in [0.15, 0.2) is 0 Å². The molecule has 0 heterocycles. The van der Waals surface area contributed by atoms with Crippen molar-refractivity contribution >= 4 is 0 Å². The average Bonchev–Trinajstić information content (AvgIpc) is 1.30. The number of hydrogen-bond donors (Lipinski definition) is 3. The maximum atomic E-state index is 8.13. The van der Waals surface area contributed by atoms with Crippen molar-refractivity contribution in [1.82, 2.24) is 0 Å². The van der Waals surface area contributed by atoms with Crippen LogP contribution in [0.2, 0.25) is 0 Å². The summed E-state index contributed by atoms with van der Waals surface area (Å²) < 4.78 is 0. The van der Waals surface area contributed by atoms with Crippen molar-refractivity contribution in [2.45, 2.75) is 25.7 Å². The fraction of sp³-hybridized carbons (Fsp3) is 1.00. The molecule has 52 valence electrons. The molecule has 0 aliphatic carbocycles. The second-order valence-electron chi connectivity index (χ2n) is 1.52. The summed E-state index contributed by atoms with van der Waals surface area (Å²) in [5, 5.41) is 24.4. The largest absolute Gasteiger partial charge is 0.412 e. The minimum absolute atomic E-state index is 0. The Hall–Kier alpha value is -0.160. The molecular weight excluding hydrogens is 112 g/mol. The fourth-order valence-corrected chi connectivity index (χ4v) is 0.335. The molecule has 0 aliphatic heterocycles. The zero-order chi connectivity index (χ0) is 5.91. The molecule has 0 amide bonds. The van der Waals surface area contributed by atoms with Crippen LogP contribution in [0.3, 0.4) is 0 Å². The molecule has 0 aromatic rings. The Balaban J connectivity index is 0. The highest BCUT2D eigenvalue weighted by atomic mass is 16.7. The second-order valence-corrected chi connectivity index (χ2v) is 1.52. The van der Waals surface area contributed by atoms with Gasteiger partial charge in [-0.2, -0.15) is 0 Å². The van der Waals surface area contributed by atoms with Crippen molar-refractivity contribution in [3.8, 4) is 0 Å². The molecule has 0 spiro atoms. The summed E-state index contributed by atoms with van der Waals surface area (Å²) in [6, 6.07) is 0. The Kier molecular flexibility index (Phi) is 5.10. The maximum absolute atomic E-state index is 8.13. The minimum Gasteiger partial charge on any atom is -0.412 e. The van der Waals surface area contributed by atoms with Gasteiger partial charge in [0.2, 0.25) is 0 Å². The Morgan fingerprint density at radius 2 is 1.62 bits per heavy atom. The molecular formula is C4H12O4. The summed E-state index contributed by atoms with van der Waals surface area (Å²) in [5.41, 5.74) is 0. The molecule has 0 fully saturated rings. The Morgan fingerprint density at radius 1 is 1.25 bits per heavy atom. The van der Waals surface area contributed by atoms with Crippen molar-refractivity contribution in [1.29, 1.82) is 0 Å². The molecule has 0 unspecified atom stereocenters. The first kappa shape index (κ1) is 10.8. The first-order valence-corrected chi connectivity index (χ1v) is 2.23. The second kappa shape index (κ2) is 3.80. The Bertz CT molecular complexity index is 46.5. The lowest BCUT2D eigenvalue weighted by atomic mass is 10.3. The highest BCUT2D eigenvalue weighted by Crippen LogP contribution is 2.01. The van der Waals surface area contributed by atoms with E-state index >= 15 is 0 Å². The Morgan fingerprint density at radius 3 is 1.62 bits per heavy atom. The van der Waals surface area contributed by atoms with Gasteiger partial charge in [-0.1, -0.05) is 6.92 Å². The number of hydrogen-bond acceptors (Lipinski definition) is 3. The summed E-state index contributed by atoms with van der Waals surface area (Å²) in [5.74, 6) is -2.45. The molecule has 8 heavy (non-hydrogen) atoms. The van der Waals surface area contributed by atoms with Gasteiger partial charge in [-0.25, -0.2) is 0 Å². The summed E-state index contributed by atoms with van der Waals surface area (Å²) in [6.07, 6.45) is 0.566. The van der Waals surface area contributed by atoms with Crippen LogP contribution in [0.5, 0.6) is 0 Å². The van der Waals surface area contributed by atoms with Crippen LogP contribution in [0.25, 0.3) is 0 Å². The topological polar surface area (TPSA) is 92.2 Å². The normalized spacial score (nSPS) is 10.5. The van der Waals surface area contributed by atoms with Crippen LogP contribution < -0.4 is 0 Å². The van der Waals surface area contributed by atoms with Crippen LogP contribution in [-0.4, -0.2) is 26.8 Å². The van der Waals surface area contributed by atoms with Gasteiger partial charge in [-0.15, -0.1) is 0 Å². The molecule has 0 atom stereocenters. The monoisotopic (exact) mass is 124 g/mol.